The third-order valence-electron chi connectivity index (χ3n) is 0.861. The minimum atomic E-state index is 0.225. The molecular weight excluding hydrogens is 118 g/mol. The maximum atomic E-state index is 8.06. The van der Waals surface area contributed by atoms with Crippen LogP contribution in [-0.2, 0) is 0 Å². The molecule has 4 N–H and O–H groups in total. The van der Waals surface area contributed by atoms with E-state index in [0.717, 1.165) is 13.0 Å². The molecule has 0 saturated heterocycles. The quantitative estimate of drug-likeness (QED) is 0.162. The number of nitrogens with zero attached hydrogens (tertiary/aromatic N) is 1. The first-order valence-electron chi connectivity index (χ1n) is 2.98. The predicted molar refractivity (Wildman–Crippen MR) is 36.6 cm³/mol. The van der Waals surface area contributed by atoms with Gasteiger partial charge in [0.1, 0.15) is 0 Å². The van der Waals surface area contributed by atoms with Crippen molar-refractivity contribution in [3.8, 4) is 0 Å². The minimum absolute atomic E-state index is 0.225. The molecule has 0 aliphatic carbocycles. The Bertz CT molecular complexity index is 92.2. The van der Waals surface area contributed by atoms with Gasteiger partial charge in [0.25, 0.3) is 0 Å². The highest BCUT2D eigenvalue weighted by molar-refractivity contribution is 5.81. The van der Waals surface area contributed by atoms with Gasteiger partial charge in [0.2, 0.25) is 0 Å². The molecule has 0 aromatic rings. The number of rotatable bonds is 4. The second kappa shape index (κ2) is 5.37. The fourth-order valence-electron chi connectivity index (χ4n) is 0.429. The Morgan fingerprint density at radius 1 is 1.78 bits per heavy atom. The Hall–Kier alpha value is -0.770. The summed E-state index contributed by atoms with van der Waals surface area (Å²) in [5.41, 5.74) is 5.15. The molecule has 0 radical (unpaired) electrons. The van der Waals surface area contributed by atoms with Crippen molar-refractivity contribution in [3.63, 3.8) is 0 Å². The van der Waals surface area contributed by atoms with Crippen molar-refractivity contribution in [1.29, 1.82) is 0 Å². The third kappa shape index (κ3) is 5.10. The van der Waals surface area contributed by atoms with E-state index in [4.69, 9.17) is 10.9 Å². The molecule has 4 nitrogen and oxygen atoms in total. The molecule has 0 aliphatic heterocycles. The molecule has 0 aromatic heterocycles. The summed E-state index contributed by atoms with van der Waals surface area (Å²) in [5, 5.41) is 13.8. The molecule has 0 heterocycles. The zero-order chi connectivity index (χ0) is 7.11. The number of hydrogen-bond donors (Lipinski definition) is 3. The van der Waals surface area contributed by atoms with E-state index in [1.54, 1.807) is 0 Å². The Morgan fingerprint density at radius 2 is 2.44 bits per heavy atom. The molecule has 0 rings (SSSR count). The van der Waals surface area contributed by atoms with Gasteiger partial charge in [0.15, 0.2) is 5.84 Å². The fraction of sp³-hybridized carbons (Fsp3) is 0.800. The number of oxime groups is 1. The molecule has 54 valence electrons. The van der Waals surface area contributed by atoms with Crippen molar-refractivity contribution in [2.45, 2.75) is 13.3 Å². The molecular formula is C5H13N3O. The smallest absolute Gasteiger partial charge is 0.153 e. The molecule has 4 heteroatoms. The van der Waals surface area contributed by atoms with E-state index >= 15 is 0 Å². The summed E-state index contributed by atoms with van der Waals surface area (Å²) in [5.74, 6) is 0.225. The second-order valence-electron chi connectivity index (χ2n) is 1.77. The summed E-state index contributed by atoms with van der Waals surface area (Å²) in [7, 11) is 0. The first-order valence-corrected chi connectivity index (χ1v) is 2.98. The van der Waals surface area contributed by atoms with Gasteiger partial charge in [-0.3, -0.25) is 0 Å². The van der Waals surface area contributed by atoms with E-state index in [-0.39, 0.29) is 5.84 Å². The van der Waals surface area contributed by atoms with E-state index in [1.165, 1.54) is 0 Å². The second-order valence-corrected chi connectivity index (χ2v) is 1.77. The van der Waals surface area contributed by atoms with Crippen molar-refractivity contribution in [1.82, 2.24) is 5.32 Å². The van der Waals surface area contributed by atoms with E-state index in [9.17, 15) is 0 Å². The number of hydrogen-bond acceptors (Lipinski definition) is 3. The summed E-state index contributed by atoms with van der Waals surface area (Å²) >= 11 is 0. The average molecular weight is 131 g/mol. The van der Waals surface area contributed by atoms with Crippen molar-refractivity contribution in [3.05, 3.63) is 0 Å². The highest BCUT2D eigenvalue weighted by atomic mass is 16.4. The zero-order valence-electron chi connectivity index (χ0n) is 5.59. The highest BCUT2D eigenvalue weighted by Crippen LogP contribution is 1.68. The van der Waals surface area contributed by atoms with E-state index in [2.05, 4.69) is 17.4 Å². The van der Waals surface area contributed by atoms with Crippen LogP contribution in [0, 0.1) is 0 Å². The maximum Gasteiger partial charge on any atom is 0.153 e. The minimum Gasteiger partial charge on any atom is -0.409 e. The van der Waals surface area contributed by atoms with Crippen molar-refractivity contribution in [2.75, 3.05) is 13.1 Å². The van der Waals surface area contributed by atoms with Crippen molar-refractivity contribution >= 4 is 5.84 Å². The number of amidine groups is 1. The summed E-state index contributed by atoms with van der Waals surface area (Å²) in [4.78, 5) is 0. The molecule has 0 aromatic carbocycles. The van der Waals surface area contributed by atoms with Gasteiger partial charge in [0.05, 0.1) is 6.54 Å². The Labute approximate surface area is 54.7 Å². The molecule has 0 saturated carbocycles. The standard InChI is InChI=1S/C5H13N3O/c1-2-3-7-4-5(6)8-9/h7,9H,2-4H2,1H3,(H2,6,8). The van der Waals surface area contributed by atoms with Crippen LogP contribution in [0.3, 0.4) is 0 Å². The Kier molecular flexibility index (Phi) is 4.91. The SMILES string of the molecule is CCCNC/C(N)=N/O. The highest BCUT2D eigenvalue weighted by Gasteiger charge is 1.88. The first kappa shape index (κ1) is 8.23. The van der Waals surface area contributed by atoms with Crippen molar-refractivity contribution < 1.29 is 5.21 Å². The van der Waals surface area contributed by atoms with Crippen LogP contribution in [0.1, 0.15) is 13.3 Å². The number of nitrogens with one attached hydrogen (secondary N) is 1. The molecule has 0 unspecified atom stereocenters. The Morgan fingerprint density at radius 3 is 2.89 bits per heavy atom. The van der Waals surface area contributed by atoms with Crippen molar-refractivity contribution in [2.24, 2.45) is 10.9 Å². The lowest BCUT2D eigenvalue weighted by Gasteiger charge is -1.98. The molecule has 0 atom stereocenters. The average Bonchev–Trinajstić information content (AvgIpc) is 1.89. The van der Waals surface area contributed by atoms with Gasteiger partial charge >= 0.3 is 0 Å². The third-order valence-corrected chi connectivity index (χ3v) is 0.861. The fourth-order valence-corrected chi connectivity index (χ4v) is 0.429. The van der Waals surface area contributed by atoms with Crippen LogP contribution in [-0.4, -0.2) is 24.1 Å². The summed E-state index contributed by atoms with van der Waals surface area (Å²) in [6.45, 7) is 3.42. The zero-order valence-corrected chi connectivity index (χ0v) is 5.59. The first-order chi connectivity index (χ1) is 4.31. The molecule has 0 spiro atoms. The van der Waals surface area contributed by atoms with Gasteiger partial charge in [-0.1, -0.05) is 12.1 Å². The molecule has 0 fully saturated rings. The van der Waals surface area contributed by atoms with E-state index in [0.29, 0.717) is 6.54 Å². The largest absolute Gasteiger partial charge is 0.409 e. The molecule has 0 bridgehead atoms. The monoisotopic (exact) mass is 131 g/mol. The topological polar surface area (TPSA) is 70.6 Å². The van der Waals surface area contributed by atoms with Gasteiger partial charge in [-0.15, -0.1) is 0 Å². The lowest BCUT2D eigenvalue weighted by molar-refractivity contribution is 0.317. The summed E-state index contributed by atoms with van der Waals surface area (Å²) < 4.78 is 0. The van der Waals surface area contributed by atoms with Gasteiger partial charge in [0, 0.05) is 0 Å². The number of nitrogens with two attached hydrogens (primary N) is 1. The molecule has 0 amide bonds. The lowest BCUT2D eigenvalue weighted by atomic mass is 10.4. The van der Waals surface area contributed by atoms with E-state index in [1.807, 2.05) is 0 Å². The van der Waals surface area contributed by atoms with Crippen LogP contribution in [0.4, 0.5) is 0 Å². The summed E-state index contributed by atoms with van der Waals surface area (Å²) in [6, 6.07) is 0. The lowest BCUT2D eigenvalue weighted by Crippen LogP contribution is -2.29. The van der Waals surface area contributed by atoms with Gasteiger partial charge in [-0.2, -0.15) is 0 Å². The van der Waals surface area contributed by atoms with Gasteiger partial charge in [-0.25, -0.2) is 0 Å². The normalized spacial score (nSPS) is 11.9. The Balaban J connectivity index is 3.07. The van der Waals surface area contributed by atoms with Crippen LogP contribution in [0.5, 0.6) is 0 Å². The van der Waals surface area contributed by atoms with Gasteiger partial charge in [-0.05, 0) is 13.0 Å². The maximum absolute atomic E-state index is 8.06. The van der Waals surface area contributed by atoms with Gasteiger partial charge < -0.3 is 16.3 Å². The van der Waals surface area contributed by atoms with E-state index < -0.39 is 0 Å². The van der Waals surface area contributed by atoms with Crippen LogP contribution < -0.4 is 11.1 Å². The van der Waals surface area contributed by atoms with Crippen LogP contribution >= 0.6 is 0 Å². The molecule has 0 aliphatic rings. The van der Waals surface area contributed by atoms with Crippen LogP contribution in [0.15, 0.2) is 5.16 Å². The summed E-state index contributed by atoms with van der Waals surface area (Å²) in [6.07, 6.45) is 1.05. The molecule has 9 heavy (non-hydrogen) atoms. The van der Waals surface area contributed by atoms with Crippen LogP contribution in [0.25, 0.3) is 0 Å². The van der Waals surface area contributed by atoms with Crippen LogP contribution in [0.2, 0.25) is 0 Å². The predicted octanol–water partition coefficient (Wildman–Crippen LogP) is -0.268.